The summed E-state index contributed by atoms with van der Waals surface area (Å²) < 4.78 is 3.84. The molecule has 0 saturated heterocycles. The second-order valence-electron chi connectivity index (χ2n) is 6.52. The zero-order chi connectivity index (χ0) is 18.4. The van der Waals surface area contributed by atoms with E-state index in [1.165, 1.54) is 11.3 Å². The van der Waals surface area contributed by atoms with E-state index in [1.807, 2.05) is 30.6 Å². The van der Waals surface area contributed by atoms with Gasteiger partial charge in [0, 0.05) is 46.9 Å². The van der Waals surface area contributed by atoms with Crippen LogP contribution in [0, 0.1) is 6.92 Å². The number of nitrogens with zero attached hydrogens (tertiary/aromatic N) is 6. The van der Waals surface area contributed by atoms with Gasteiger partial charge in [0.05, 0.1) is 5.69 Å². The highest BCUT2D eigenvalue weighted by Crippen LogP contribution is 2.41. The summed E-state index contributed by atoms with van der Waals surface area (Å²) in [5, 5.41) is 11.6. The number of hydrogen-bond acceptors (Lipinski definition) is 7. The maximum atomic E-state index is 12.3. The Morgan fingerprint density at radius 1 is 1.33 bits per heavy atom. The molecule has 1 aliphatic rings. The topological polar surface area (TPSA) is 78.0 Å². The monoisotopic (exact) mass is 396 g/mol. The minimum atomic E-state index is -0.0333. The number of rotatable bonds is 5. The van der Waals surface area contributed by atoms with Gasteiger partial charge in [-0.2, -0.15) is 0 Å². The van der Waals surface area contributed by atoms with Crippen LogP contribution in [0.1, 0.15) is 30.3 Å². The van der Waals surface area contributed by atoms with Gasteiger partial charge >= 0.3 is 0 Å². The molecule has 4 aromatic rings. The van der Waals surface area contributed by atoms with E-state index < -0.39 is 0 Å². The first-order valence-electron chi connectivity index (χ1n) is 8.65. The van der Waals surface area contributed by atoms with Gasteiger partial charge in [-0.1, -0.05) is 11.8 Å². The molecule has 0 amide bonds. The van der Waals surface area contributed by atoms with Crippen LogP contribution in [0.25, 0.3) is 16.3 Å². The Hall–Kier alpha value is -2.52. The Kier molecular flexibility index (Phi) is 4.05. The van der Waals surface area contributed by atoms with Gasteiger partial charge in [-0.15, -0.1) is 21.5 Å². The zero-order valence-electron chi connectivity index (χ0n) is 14.6. The third-order valence-corrected chi connectivity index (χ3v) is 6.39. The molecule has 0 radical (unpaired) electrons. The van der Waals surface area contributed by atoms with E-state index in [-0.39, 0.29) is 5.56 Å². The second kappa shape index (κ2) is 6.58. The fraction of sp³-hybridized carbons (Fsp3) is 0.278. The summed E-state index contributed by atoms with van der Waals surface area (Å²) in [5.74, 6) is 1.44. The van der Waals surface area contributed by atoms with E-state index in [9.17, 15) is 4.79 Å². The van der Waals surface area contributed by atoms with E-state index in [4.69, 9.17) is 0 Å². The molecule has 0 aromatic carbocycles. The average molecular weight is 397 g/mol. The first-order chi connectivity index (χ1) is 13.2. The summed E-state index contributed by atoms with van der Waals surface area (Å²) >= 11 is 3.06. The fourth-order valence-electron chi connectivity index (χ4n) is 3.04. The van der Waals surface area contributed by atoms with Gasteiger partial charge in [-0.25, -0.2) is 4.98 Å². The van der Waals surface area contributed by atoms with E-state index in [0.717, 1.165) is 45.7 Å². The number of hydrogen-bond donors (Lipinski definition) is 0. The molecule has 0 atom stereocenters. The van der Waals surface area contributed by atoms with Crippen molar-refractivity contribution in [2.45, 2.75) is 36.7 Å². The minimum Gasteiger partial charge on any atom is -0.299 e. The lowest BCUT2D eigenvalue weighted by atomic mass is 10.3. The lowest BCUT2D eigenvalue weighted by Crippen LogP contribution is -2.14. The highest BCUT2D eigenvalue weighted by Gasteiger charge is 2.30. The summed E-state index contributed by atoms with van der Waals surface area (Å²) in [7, 11) is 0. The van der Waals surface area contributed by atoms with E-state index in [0.29, 0.717) is 11.8 Å². The molecule has 5 rings (SSSR count). The molecular formula is C18H16N6OS2. The SMILES string of the molecule is Cc1csc2nc(CSc3nnc(-c4cccnc4)n3C3CC3)cc(=O)n12. The molecule has 0 bridgehead atoms. The van der Waals surface area contributed by atoms with Gasteiger partial charge in [0.1, 0.15) is 0 Å². The van der Waals surface area contributed by atoms with Crippen molar-refractivity contribution in [2.24, 2.45) is 0 Å². The highest BCUT2D eigenvalue weighted by atomic mass is 32.2. The Bertz CT molecular complexity index is 1180. The number of aromatic nitrogens is 6. The van der Waals surface area contributed by atoms with E-state index in [1.54, 1.807) is 28.4 Å². The lowest BCUT2D eigenvalue weighted by molar-refractivity contribution is 0.669. The van der Waals surface area contributed by atoms with Crippen LogP contribution in [-0.4, -0.2) is 29.1 Å². The Morgan fingerprint density at radius 3 is 3.00 bits per heavy atom. The largest absolute Gasteiger partial charge is 0.299 e. The summed E-state index contributed by atoms with van der Waals surface area (Å²) in [6.07, 6.45) is 5.84. The van der Waals surface area contributed by atoms with Crippen molar-refractivity contribution in [1.29, 1.82) is 0 Å². The summed E-state index contributed by atoms with van der Waals surface area (Å²) in [5.41, 5.74) is 2.62. The van der Waals surface area contributed by atoms with Crippen LogP contribution in [-0.2, 0) is 5.75 Å². The highest BCUT2D eigenvalue weighted by molar-refractivity contribution is 7.98. The van der Waals surface area contributed by atoms with E-state index >= 15 is 0 Å². The fourth-order valence-corrected chi connectivity index (χ4v) is 4.83. The standard InChI is InChI=1S/C18H16N6OS2/c1-11-9-26-17-20-13(7-15(25)23(11)17)10-27-18-22-21-16(24(18)14-4-5-14)12-3-2-6-19-8-12/h2-3,6-9,14H,4-5,10H2,1H3. The van der Waals surface area contributed by atoms with Crippen LogP contribution in [0.5, 0.6) is 0 Å². The molecule has 1 saturated carbocycles. The molecule has 1 fully saturated rings. The van der Waals surface area contributed by atoms with Gasteiger partial charge < -0.3 is 0 Å². The predicted octanol–water partition coefficient (Wildman–Crippen LogP) is 3.35. The Morgan fingerprint density at radius 2 is 2.22 bits per heavy atom. The Labute approximate surface area is 163 Å². The maximum absolute atomic E-state index is 12.3. The third kappa shape index (κ3) is 3.06. The molecule has 7 nitrogen and oxygen atoms in total. The second-order valence-corrected chi connectivity index (χ2v) is 8.30. The molecular weight excluding hydrogens is 380 g/mol. The zero-order valence-corrected chi connectivity index (χ0v) is 16.2. The number of thiazole rings is 1. The molecule has 0 aliphatic heterocycles. The van der Waals surface area contributed by atoms with Crippen molar-refractivity contribution in [1.82, 2.24) is 29.1 Å². The van der Waals surface area contributed by atoms with Crippen LogP contribution in [0.2, 0.25) is 0 Å². The summed E-state index contributed by atoms with van der Waals surface area (Å²) in [4.78, 5) is 21.9. The van der Waals surface area contributed by atoms with Crippen LogP contribution >= 0.6 is 23.1 Å². The van der Waals surface area contributed by atoms with Gasteiger partial charge in [0.2, 0.25) is 0 Å². The van der Waals surface area contributed by atoms with Crippen molar-refractivity contribution >= 4 is 28.1 Å². The van der Waals surface area contributed by atoms with Crippen molar-refractivity contribution in [3.8, 4) is 11.4 Å². The van der Waals surface area contributed by atoms with Crippen molar-refractivity contribution in [3.05, 3.63) is 57.7 Å². The Balaban J connectivity index is 1.45. The van der Waals surface area contributed by atoms with Gasteiger partial charge in [-0.05, 0) is 31.9 Å². The normalized spacial score (nSPS) is 14.1. The number of fused-ring (bicyclic) bond motifs is 1. The van der Waals surface area contributed by atoms with Crippen molar-refractivity contribution in [3.63, 3.8) is 0 Å². The van der Waals surface area contributed by atoms with Gasteiger partial charge in [-0.3, -0.25) is 18.7 Å². The average Bonchev–Trinajstić information content (AvgIpc) is 3.32. The smallest absolute Gasteiger partial charge is 0.258 e. The van der Waals surface area contributed by atoms with E-state index in [2.05, 4.69) is 24.7 Å². The maximum Gasteiger partial charge on any atom is 0.258 e. The van der Waals surface area contributed by atoms with Crippen molar-refractivity contribution in [2.75, 3.05) is 0 Å². The number of pyridine rings is 1. The van der Waals surface area contributed by atoms with Gasteiger partial charge in [0.25, 0.3) is 5.56 Å². The van der Waals surface area contributed by atoms with Crippen LogP contribution < -0.4 is 5.56 Å². The molecule has 27 heavy (non-hydrogen) atoms. The first-order valence-corrected chi connectivity index (χ1v) is 10.5. The summed E-state index contributed by atoms with van der Waals surface area (Å²) in [6, 6.07) is 5.96. The molecule has 9 heteroatoms. The minimum absolute atomic E-state index is 0.0333. The number of thioether (sulfide) groups is 1. The number of aryl methyl sites for hydroxylation is 1. The lowest BCUT2D eigenvalue weighted by Gasteiger charge is -2.08. The third-order valence-electron chi connectivity index (χ3n) is 4.47. The predicted molar refractivity (Wildman–Crippen MR) is 105 cm³/mol. The van der Waals surface area contributed by atoms with Crippen LogP contribution in [0.15, 0.2) is 45.9 Å². The molecule has 0 N–H and O–H groups in total. The van der Waals surface area contributed by atoms with Crippen molar-refractivity contribution < 1.29 is 0 Å². The molecule has 4 aromatic heterocycles. The van der Waals surface area contributed by atoms with Gasteiger partial charge in [0.15, 0.2) is 15.9 Å². The molecule has 0 spiro atoms. The molecule has 136 valence electrons. The molecule has 0 unspecified atom stereocenters. The molecule has 4 heterocycles. The first kappa shape index (κ1) is 16.6. The van der Waals surface area contributed by atoms with Crippen LogP contribution in [0.4, 0.5) is 0 Å². The summed E-state index contributed by atoms with van der Waals surface area (Å²) in [6.45, 7) is 1.92. The quantitative estimate of drug-likeness (QED) is 0.482. The van der Waals surface area contributed by atoms with Crippen LogP contribution in [0.3, 0.4) is 0 Å². The molecule has 1 aliphatic carbocycles.